The van der Waals surface area contributed by atoms with Crippen molar-refractivity contribution in [3.05, 3.63) is 35.4 Å². The first-order valence-corrected chi connectivity index (χ1v) is 8.83. The van der Waals surface area contributed by atoms with Gasteiger partial charge in [-0.25, -0.2) is 0 Å². The van der Waals surface area contributed by atoms with E-state index in [0.29, 0.717) is 23.3 Å². The maximum Gasteiger partial charge on any atom is 0.200 e. The minimum absolute atomic E-state index is 0.00360. The smallest absolute Gasteiger partial charge is 0.200 e. The van der Waals surface area contributed by atoms with Crippen LogP contribution in [0.5, 0.6) is 34.5 Å². The van der Waals surface area contributed by atoms with Crippen LogP contribution in [-0.4, -0.2) is 36.6 Å². The van der Waals surface area contributed by atoms with Gasteiger partial charge in [0.1, 0.15) is 0 Å². The number of methoxy groups -OCH3 is 3. The predicted octanol–water partition coefficient (Wildman–Crippen LogP) is 3.89. The number of aromatic hydroxyl groups is 3. The summed E-state index contributed by atoms with van der Waals surface area (Å²) in [6.07, 6.45) is 1.49. The van der Waals surface area contributed by atoms with Crippen molar-refractivity contribution in [1.29, 1.82) is 0 Å². The molecule has 0 heterocycles. The molecule has 0 aliphatic rings. The minimum Gasteiger partial charge on any atom is -0.504 e. The lowest BCUT2D eigenvalue weighted by Gasteiger charge is -2.21. The molecule has 0 aliphatic carbocycles. The Morgan fingerprint density at radius 2 is 1.04 bits per heavy atom. The number of rotatable bonds is 8. The second-order valence-corrected chi connectivity index (χ2v) is 6.88. The van der Waals surface area contributed by atoms with Gasteiger partial charge >= 0.3 is 0 Å². The summed E-state index contributed by atoms with van der Waals surface area (Å²) in [5, 5.41) is 29.7. The lowest BCUT2D eigenvalue weighted by molar-refractivity contribution is 0.336. The molecule has 0 saturated heterocycles. The molecule has 2 rings (SSSR count). The monoisotopic (exact) mass is 376 g/mol. The van der Waals surface area contributed by atoms with Gasteiger partial charge in [-0.3, -0.25) is 0 Å². The van der Waals surface area contributed by atoms with Gasteiger partial charge < -0.3 is 29.5 Å². The Balaban J connectivity index is 2.14. The molecule has 3 N–H and O–H groups in total. The van der Waals surface area contributed by atoms with E-state index in [1.165, 1.54) is 21.3 Å². The van der Waals surface area contributed by atoms with Crippen LogP contribution in [0.1, 0.15) is 25.0 Å². The van der Waals surface area contributed by atoms with Crippen LogP contribution in [0.3, 0.4) is 0 Å². The van der Waals surface area contributed by atoms with E-state index in [0.717, 1.165) is 24.0 Å². The maximum atomic E-state index is 10.0. The lowest BCUT2D eigenvalue weighted by atomic mass is 9.85. The zero-order chi connectivity index (χ0) is 20.1. The summed E-state index contributed by atoms with van der Waals surface area (Å²) >= 11 is 0. The van der Waals surface area contributed by atoms with Crippen molar-refractivity contribution in [1.82, 2.24) is 0 Å². The highest BCUT2D eigenvalue weighted by Crippen LogP contribution is 2.39. The second kappa shape index (κ2) is 8.75. The van der Waals surface area contributed by atoms with Crippen LogP contribution in [0.15, 0.2) is 24.3 Å². The van der Waals surface area contributed by atoms with Gasteiger partial charge in [0.15, 0.2) is 23.0 Å². The standard InChI is InChI=1S/C21H28O6/c1-12(6-14-8-16(22)20(23)17(9-14)25-3)13(2)7-15-10-18(26-4)21(24)19(11-15)27-5/h8-13,22-24H,6-7H2,1-5H3/t12-,13-/m1/s1. The maximum absolute atomic E-state index is 10.0. The van der Waals surface area contributed by atoms with E-state index < -0.39 is 0 Å². The van der Waals surface area contributed by atoms with Crippen molar-refractivity contribution in [3.8, 4) is 34.5 Å². The van der Waals surface area contributed by atoms with Crippen LogP contribution in [0, 0.1) is 11.8 Å². The Morgan fingerprint density at radius 1 is 0.667 bits per heavy atom. The van der Waals surface area contributed by atoms with Gasteiger partial charge in [0.25, 0.3) is 0 Å². The molecule has 0 bridgehead atoms. The fourth-order valence-electron chi connectivity index (χ4n) is 3.13. The molecule has 0 aliphatic heterocycles. The molecule has 0 unspecified atom stereocenters. The van der Waals surface area contributed by atoms with Crippen LogP contribution in [0.2, 0.25) is 0 Å². The molecule has 148 valence electrons. The molecule has 2 aromatic carbocycles. The lowest BCUT2D eigenvalue weighted by Crippen LogP contribution is -2.14. The van der Waals surface area contributed by atoms with Crippen molar-refractivity contribution in [3.63, 3.8) is 0 Å². The Labute approximate surface area is 159 Å². The average molecular weight is 376 g/mol. The Morgan fingerprint density at radius 3 is 1.44 bits per heavy atom. The first kappa shape index (κ1) is 20.6. The second-order valence-electron chi connectivity index (χ2n) is 6.88. The fourth-order valence-corrected chi connectivity index (χ4v) is 3.13. The van der Waals surface area contributed by atoms with Crippen molar-refractivity contribution < 1.29 is 29.5 Å². The van der Waals surface area contributed by atoms with Crippen LogP contribution in [0.25, 0.3) is 0 Å². The van der Waals surface area contributed by atoms with Crippen LogP contribution < -0.4 is 14.2 Å². The van der Waals surface area contributed by atoms with Gasteiger partial charge in [-0.1, -0.05) is 13.8 Å². The minimum atomic E-state index is -0.245. The predicted molar refractivity (Wildman–Crippen MR) is 103 cm³/mol. The molecule has 6 nitrogen and oxygen atoms in total. The third-order valence-corrected chi connectivity index (χ3v) is 4.96. The van der Waals surface area contributed by atoms with Crippen LogP contribution >= 0.6 is 0 Å². The number of phenolic OH excluding ortho intramolecular Hbond substituents is 3. The molecular weight excluding hydrogens is 348 g/mol. The Kier molecular flexibility index (Phi) is 6.66. The summed E-state index contributed by atoms with van der Waals surface area (Å²) in [7, 11) is 4.47. The summed E-state index contributed by atoms with van der Waals surface area (Å²) in [5.41, 5.74) is 1.90. The SMILES string of the molecule is COc1cc(C[C@@H](C)[C@H](C)Cc2cc(OC)c(O)c(OC)c2)cc(O)c1O. The molecule has 0 aromatic heterocycles. The number of hydrogen-bond acceptors (Lipinski definition) is 6. The summed E-state index contributed by atoms with van der Waals surface area (Å²) in [6, 6.07) is 6.94. The third kappa shape index (κ3) is 4.70. The van der Waals surface area contributed by atoms with Gasteiger partial charge in [-0.05, 0) is 60.1 Å². The van der Waals surface area contributed by atoms with E-state index in [-0.39, 0.29) is 23.0 Å². The zero-order valence-electron chi connectivity index (χ0n) is 16.4. The van der Waals surface area contributed by atoms with Gasteiger partial charge in [-0.2, -0.15) is 0 Å². The Bertz CT molecular complexity index is 761. The molecule has 27 heavy (non-hydrogen) atoms. The fraction of sp³-hybridized carbons (Fsp3) is 0.429. The highest BCUT2D eigenvalue weighted by atomic mass is 16.5. The van der Waals surface area contributed by atoms with E-state index in [4.69, 9.17) is 14.2 Å². The number of hydrogen-bond donors (Lipinski definition) is 3. The molecule has 6 heteroatoms. The quantitative estimate of drug-likeness (QED) is 0.606. The number of benzene rings is 2. The van der Waals surface area contributed by atoms with Gasteiger partial charge in [0.2, 0.25) is 11.5 Å². The van der Waals surface area contributed by atoms with E-state index in [2.05, 4.69) is 13.8 Å². The van der Waals surface area contributed by atoms with Crippen molar-refractivity contribution in [2.45, 2.75) is 26.7 Å². The van der Waals surface area contributed by atoms with E-state index in [1.54, 1.807) is 12.1 Å². The summed E-state index contributed by atoms with van der Waals surface area (Å²) < 4.78 is 15.5. The molecule has 2 aromatic rings. The van der Waals surface area contributed by atoms with Gasteiger partial charge in [0.05, 0.1) is 21.3 Å². The molecule has 0 fully saturated rings. The Hall–Kier alpha value is -2.76. The van der Waals surface area contributed by atoms with Crippen molar-refractivity contribution in [2.24, 2.45) is 11.8 Å². The van der Waals surface area contributed by atoms with E-state index >= 15 is 0 Å². The summed E-state index contributed by atoms with van der Waals surface area (Å²) in [5.74, 6) is 1.21. The van der Waals surface area contributed by atoms with E-state index in [9.17, 15) is 15.3 Å². The topological polar surface area (TPSA) is 88.4 Å². The van der Waals surface area contributed by atoms with Crippen molar-refractivity contribution in [2.75, 3.05) is 21.3 Å². The number of phenols is 3. The normalized spacial score (nSPS) is 13.1. The summed E-state index contributed by atoms with van der Waals surface area (Å²) in [4.78, 5) is 0. The van der Waals surface area contributed by atoms with Gasteiger partial charge in [0, 0.05) is 0 Å². The summed E-state index contributed by atoms with van der Waals surface area (Å²) in [6.45, 7) is 4.28. The van der Waals surface area contributed by atoms with Crippen LogP contribution in [0.4, 0.5) is 0 Å². The van der Waals surface area contributed by atoms with E-state index in [1.807, 2.05) is 12.1 Å². The molecule has 0 radical (unpaired) electrons. The first-order chi connectivity index (χ1) is 12.8. The molecule has 0 amide bonds. The van der Waals surface area contributed by atoms with Crippen LogP contribution in [-0.2, 0) is 12.8 Å². The number of ether oxygens (including phenoxy) is 3. The zero-order valence-corrected chi connectivity index (χ0v) is 16.4. The van der Waals surface area contributed by atoms with Gasteiger partial charge in [-0.15, -0.1) is 0 Å². The molecule has 0 saturated carbocycles. The highest BCUT2D eigenvalue weighted by Gasteiger charge is 2.18. The molecule has 2 atom stereocenters. The average Bonchev–Trinajstić information content (AvgIpc) is 2.65. The largest absolute Gasteiger partial charge is 0.504 e. The van der Waals surface area contributed by atoms with Crippen molar-refractivity contribution >= 4 is 0 Å². The highest BCUT2D eigenvalue weighted by molar-refractivity contribution is 5.53. The first-order valence-electron chi connectivity index (χ1n) is 8.83. The molecule has 0 spiro atoms. The molecular formula is C21H28O6. The third-order valence-electron chi connectivity index (χ3n) is 4.96.